The average Bonchev–Trinajstić information content (AvgIpc) is 2.88. The van der Waals surface area contributed by atoms with Gasteiger partial charge < -0.3 is 0 Å². The second-order valence-electron chi connectivity index (χ2n) is 3.99. The van der Waals surface area contributed by atoms with Crippen LogP contribution in [-0.2, 0) is 0 Å². The highest BCUT2D eigenvalue weighted by atomic mass is 32.1. The minimum atomic E-state index is 0.823. The molecular formula is C12H8N4S. The number of hydrogen-bond donors (Lipinski definition) is 0. The lowest BCUT2D eigenvalue weighted by Crippen LogP contribution is -1.94. The van der Waals surface area contributed by atoms with Gasteiger partial charge in [0.15, 0.2) is 5.82 Å². The van der Waals surface area contributed by atoms with Crippen LogP contribution in [0.15, 0.2) is 30.3 Å². The average molecular weight is 240 g/mol. The van der Waals surface area contributed by atoms with Gasteiger partial charge in [-0.15, -0.1) is 10.2 Å². The Bertz CT molecular complexity index is 814. The van der Waals surface area contributed by atoms with Crippen molar-refractivity contribution < 1.29 is 0 Å². The maximum atomic E-state index is 4.63. The molecule has 0 N–H and O–H groups in total. The zero-order valence-corrected chi connectivity index (χ0v) is 9.90. The van der Waals surface area contributed by atoms with Crippen molar-refractivity contribution in [2.24, 2.45) is 0 Å². The van der Waals surface area contributed by atoms with Gasteiger partial charge in [-0.1, -0.05) is 35.6 Å². The van der Waals surface area contributed by atoms with E-state index < -0.39 is 0 Å². The van der Waals surface area contributed by atoms with Gasteiger partial charge in [-0.05, 0) is 18.4 Å². The summed E-state index contributed by atoms with van der Waals surface area (Å²) < 4.78 is 1.80. The highest BCUT2D eigenvalue weighted by Crippen LogP contribution is 2.35. The summed E-state index contributed by atoms with van der Waals surface area (Å²) in [5, 5.41) is 15.2. The molecule has 4 rings (SSSR count). The molecule has 0 fully saturated rings. The van der Waals surface area contributed by atoms with E-state index in [2.05, 4.69) is 33.5 Å². The fraction of sp³-hybridized carbons (Fsp3) is 0.0833. The molecule has 2 aromatic rings. The third-order valence-electron chi connectivity index (χ3n) is 2.91. The monoisotopic (exact) mass is 240 g/mol. The van der Waals surface area contributed by atoms with Gasteiger partial charge >= 0.3 is 0 Å². The Hall–Kier alpha value is -2.01. The van der Waals surface area contributed by atoms with Gasteiger partial charge in [0.2, 0.25) is 4.96 Å². The van der Waals surface area contributed by atoms with Crippen LogP contribution in [0.1, 0.15) is 5.82 Å². The van der Waals surface area contributed by atoms with Gasteiger partial charge in [-0.2, -0.15) is 9.61 Å². The van der Waals surface area contributed by atoms with Crippen LogP contribution in [0.25, 0.3) is 26.3 Å². The fourth-order valence-electron chi connectivity index (χ4n) is 2.08. The Morgan fingerprint density at radius 1 is 1.18 bits per heavy atom. The summed E-state index contributed by atoms with van der Waals surface area (Å²) in [5.41, 5.74) is 1.03. The maximum Gasteiger partial charge on any atom is 0.233 e. The van der Waals surface area contributed by atoms with Crippen LogP contribution < -0.4 is 0 Å². The second kappa shape index (κ2) is 3.01. The highest BCUT2D eigenvalue weighted by Gasteiger charge is 2.15. The van der Waals surface area contributed by atoms with Crippen LogP contribution in [0.4, 0.5) is 0 Å². The van der Waals surface area contributed by atoms with Gasteiger partial charge in [0.25, 0.3) is 0 Å². The SMILES string of the molecule is Cc1nnc2sc3cc4ccccc4c-3nn12. The van der Waals surface area contributed by atoms with Gasteiger partial charge in [-0.3, -0.25) is 0 Å². The molecule has 0 atom stereocenters. The Kier molecular flexibility index (Phi) is 1.61. The Labute approximate surface area is 101 Å². The number of hydrogen-bond acceptors (Lipinski definition) is 4. The van der Waals surface area contributed by atoms with Crippen molar-refractivity contribution in [3.05, 3.63) is 36.2 Å². The first-order chi connectivity index (χ1) is 8.33. The molecule has 82 valence electrons. The van der Waals surface area contributed by atoms with Crippen LogP contribution in [0.5, 0.6) is 0 Å². The molecule has 5 heteroatoms. The van der Waals surface area contributed by atoms with E-state index in [1.807, 2.05) is 19.1 Å². The van der Waals surface area contributed by atoms with Crippen molar-refractivity contribution >= 4 is 27.1 Å². The molecule has 0 saturated heterocycles. The third kappa shape index (κ3) is 1.14. The lowest BCUT2D eigenvalue weighted by Gasteiger charge is -1.99. The molecule has 1 aliphatic heterocycles. The summed E-state index contributed by atoms with van der Waals surface area (Å²) in [6.07, 6.45) is 0. The molecule has 2 heterocycles. The summed E-state index contributed by atoms with van der Waals surface area (Å²) in [5.74, 6) is 0.823. The summed E-state index contributed by atoms with van der Waals surface area (Å²) in [6.45, 7) is 1.91. The summed E-state index contributed by atoms with van der Waals surface area (Å²) in [6, 6.07) is 10.5. The van der Waals surface area contributed by atoms with Gasteiger partial charge in [-0.25, -0.2) is 0 Å². The van der Waals surface area contributed by atoms with E-state index in [9.17, 15) is 0 Å². The summed E-state index contributed by atoms with van der Waals surface area (Å²) in [7, 11) is 0. The van der Waals surface area contributed by atoms with E-state index in [0.29, 0.717) is 0 Å². The Balaban J connectivity index is 2.26. The summed E-state index contributed by atoms with van der Waals surface area (Å²) >= 11 is 1.62. The molecule has 2 aliphatic rings. The molecule has 1 aromatic carbocycles. The molecule has 17 heavy (non-hydrogen) atoms. The minimum Gasteiger partial charge on any atom is -0.188 e. The van der Waals surface area contributed by atoms with Crippen molar-refractivity contribution in [1.29, 1.82) is 0 Å². The van der Waals surface area contributed by atoms with Gasteiger partial charge in [0, 0.05) is 5.39 Å². The van der Waals surface area contributed by atoms with Crippen LogP contribution in [0.3, 0.4) is 0 Å². The first kappa shape index (κ1) is 9.07. The minimum absolute atomic E-state index is 0.823. The predicted molar refractivity (Wildman–Crippen MR) is 67.5 cm³/mol. The van der Waals surface area contributed by atoms with Crippen molar-refractivity contribution in [3.8, 4) is 10.6 Å². The molecule has 0 radical (unpaired) electrons. The summed E-state index contributed by atoms with van der Waals surface area (Å²) in [4.78, 5) is 2.00. The number of rotatable bonds is 0. The van der Waals surface area contributed by atoms with Crippen molar-refractivity contribution in [1.82, 2.24) is 19.8 Å². The Morgan fingerprint density at radius 3 is 3.00 bits per heavy atom. The number of aryl methyl sites for hydroxylation is 1. The second-order valence-corrected chi connectivity index (χ2v) is 5.00. The number of aromatic nitrogens is 4. The predicted octanol–water partition coefficient (Wildman–Crippen LogP) is 2.75. The molecule has 0 bridgehead atoms. The van der Waals surface area contributed by atoms with Crippen LogP contribution in [0, 0.1) is 6.92 Å². The van der Waals surface area contributed by atoms with Crippen molar-refractivity contribution in [3.63, 3.8) is 0 Å². The number of fused-ring (bicyclic) bond motifs is 4. The van der Waals surface area contributed by atoms with Crippen molar-refractivity contribution in [2.75, 3.05) is 0 Å². The molecule has 0 amide bonds. The lowest BCUT2D eigenvalue weighted by atomic mass is 10.2. The maximum absolute atomic E-state index is 4.63. The van der Waals surface area contributed by atoms with E-state index in [0.717, 1.165) is 21.4 Å². The molecule has 0 spiro atoms. The zero-order valence-electron chi connectivity index (χ0n) is 9.08. The Morgan fingerprint density at radius 2 is 2.06 bits per heavy atom. The van der Waals surface area contributed by atoms with Crippen LogP contribution in [-0.4, -0.2) is 19.8 Å². The lowest BCUT2D eigenvalue weighted by molar-refractivity contribution is 0.890. The fourth-order valence-corrected chi connectivity index (χ4v) is 3.05. The normalized spacial score (nSPS) is 11.8. The van der Waals surface area contributed by atoms with E-state index in [-0.39, 0.29) is 0 Å². The smallest absolute Gasteiger partial charge is 0.188 e. The molecule has 1 aliphatic carbocycles. The van der Waals surface area contributed by atoms with Crippen LogP contribution >= 0.6 is 11.3 Å². The first-order valence-corrected chi connectivity index (χ1v) is 6.15. The zero-order chi connectivity index (χ0) is 11.4. The molecule has 4 nitrogen and oxygen atoms in total. The molecule has 0 unspecified atom stereocenters. The number of benzene rings is 1. The molecular weight excluding hydrogens is 232 g/mol. The largest absolute Gasteiger partial charge is 0.233 e. The van der Waals surface area contributed by atoms with Gasteiger partial charge in [0.05, 0.1) is 4.88 Å². The van der Waals surface area contributed by atoms with E-state index in [1.54, 1.807) is 15.9 Å². The van der Waals surface area contributed by atoms with Crippen molar-refractivity contribution in [2.45, 2.75) is 6.92 Å². The molecule has 1 aromatic heterocycles. The van der Waals surface area contributed by atoms with E-state index >= 15 is 0 Å². The third-order valence-corrected chi connectivity index (χ3v) is 3.87. The van der Waals surface area contributed by atoms with E-state index in [1.165, 1.54) is 10.8 Å². The number of nitrogens with zero attached hydrogens (tertiary/aromatic N) is 4. The highest BCUT2D eigenvalue weighted by molar-refractivity contribution is 7.20. The quantitative estimate of drug-likeness (QED) is 0.474. The van der Waals surface area contributed by atoms with E-state index in [4.69, 9.17) is 0 Å². The molecule has 0 saturated carbocycles. The topological polar surface area (TPSA) is 43.1 Å². The first-order valence-electron chi connectivity index (χ1n) is 5.33. The standard InChI is InChI=1S/C12H8N4S/c1-7-13-14-12-16(7)15-11-9-5-3-2-4-8(9)6-10(11)17-12/h2-6H,1H3. The van der Waals surface area contributed by atoms with Gasteiger partial charge in [0.1, 0.15) is 5.69 Å². The van der Waals surface area contributed by atoms with Crippen LogP contribution in [0.2, 0.25) is 0 Å².